The maximum atomic E-state index is 11.8. The molecule has 0 aromatic rings. The fraction of sp³-hybridized carbons (Fsp3) is 1.00. The summed E-state index contributed by atoms with van der Waals surface area (Å²) in [5, 5.41) is 8.87. The van der Waals surface area contributed by atoms with Gasteiger partial charge >= 0.3 is 0 Å². The fourth-order valence-electron chi connectivity index (χ4n) is 1.29. The van der Waals surface area contributed by atoms with Crippen molar-refractivity contribution in [1.82, 2.24) is 9.03 Å². The van der Waals surface area contributed by atoms with Crippen LogP contribution in [0.3, 0.4) is 0 Å². The second-order valence-corrected chi connectivity index (χ2v) is 7.00. The van der Waals surface area contributed by atoms with Crippen LogP contribution in [0.1, 0.15) is 40.0 Å². The van der Waals surface area contributed by atoms with Gasteiger partial charge in [-0.1, -0.05) is 27.2 Å². The second-order valence-electron chi connectivity index (χ2n) is 5.14. The summed E-state index contributed by atoms with van der Waals surface area (Å²) in [5.74, 6) is 0. The van der Waals surface area contributed by atoms with E-state index in [2.05, 4.69) is 4.72 Å². The molecule has 0 fully saturated rings. The van der Waals surface area contributed by atoms with E-state index in [1.807, 2.05) is 20.8 Å². The SMILES string of the molecule is CCCCN(C)S(=O)(=O)NCC(C)(C)CCO. The largest absolute Gasteiger partial charge is 0.396 e. The summed E-state index contributed by atoms with van der Waals surface area (Å²) in [5.41, 5.74) is -0.229. The lowest BCUT2D eigenvalue weighted by atomic mass is 9.90. The molecule has 0 amide bonds. The van der Waals surface area contributed by atoms with Crippen molar-refractivity contribution in [3.63, 3.8) is 0 Å². The van der Waals surface area contributed by atoms with Crippen LogP contribution in [0, 0.1) is 5.41 Å². The van der Waals surface area contributed by atoms with Crippen molar-refractivity contribution in [3.8, 4) is 0 Å². The number of aliphatic hydroxyl groups is 1. The lowest BCUT2D eigenvalue weighted by Gasteiger charge is -2.25. The third kappa shape index (κ3) is 6.98. The summed E-state index contributed by atoms with van der Waals surface area (Å²) >= 11 is 0. The van der Waals surface area contributed by atoms with E-state index < -0.39 is 10.2 Å². The molecule has 0 spiro atoms. The zero-order valence-electron chi connectivity index (χ0n) is 11.4. The Morgan fingerprint density at radius 1 is 1.35 bits per heavy atom. The molecule has 0 heterocycles. The van der Waals surface area contributed by atoms with Gasteiger partial charge in [0.05, 0.1) is 0 Å². The van der Waals surface area contributed by atoms with Crippen molar-refractivity contribution >= 4 is 10.2 Å². The first-order chi connectivity index (χ1) is 7.75. The van der Waals surface area contributed by atoms with Gasteiger partial charge in [0.15, 0.2) is 0 Å². The molecule has 2 N–H and O–H groups in total. The van der Waals surface area contributed by atoms with E-state index >= 15 is 0 Å². The van der Waals surface area contributed by atoms with E-state index in [0.29, 0.717) is 19.5 Å². The van der Waals surface area contributed by atoms with Gasteiger partial charge in [-0.2, -0.15) is 12.7 Å². The van der Waals surface area contributed by atoms with Crippen LogP contribution >= 0.6 is 0 Å². The van der Waals surface area contributed by atoms with E-state index in [-0.39, 0.29) is 12.0 Å². The topological polar surface area (TPSA) is 69.6 Å². The van der Waals surface area contributed by atoms with Crippen molar-refractivity contribution < 1.29 is 13.5 Å². The summed E-state index contributed by atoms with van der Waals surface area (Å²) < 4.78 is 27.6. The number of unbranched alkanes of at least 4 members (excludes halogenated alkanes) is 1. The summed E-state index contributed by atoms with van der Waals surface area (Å²) in [4.78, 5) is 0. The van der Waals surface area contributed by atoms with Crippen LogP contribution in [0.5, 0.6) is 0 Å². The standard InChI is InChI=1S/C11H26N2O3S/c1-5-6-8-13(4)17(15,16)12-10-11(2,3)7-9-14/h12,14H,5-10H2,1-4H3. The molecule has 0 aromatic carbocycles. The Balaban J connectivity index is 4.26. The Labute approximate surface area is 105 Å². The van der Waals surface area contributed by atoms with Crippen molar-refractivity contribution in [3.05, 3.63) is 0 Å². The normalized spacial score (nSPS) is 13.3. The average molecular weight is 266 g/mol. The first-order valence-corrected chi connectivity index (χ1v) is 7.51. The number of nitrogens with zero attached hydrogens (tertiary/aromatic N) is 1. The molecule has 0 unspecified atom stereocenters. The number of hydrogen-bond acceptors (Lipinski definition) is 3. The van der Waals surface area contributed by atoms with Crippen LogP contribution in [0.2, 0.25) is 0 Å². The molecule has 0 atom stereocenters. The highest BCUT2D eigenvalue weighted by atomic mass is 32.2. The van der Waals surface area contributed by atoms with Crippen LogP contribution < -0.4 is 4.72 Å². The first-order valence-electron chi connectivity index (χ1n) is 6.07. The van der Waals surface area contributed by atoms with Crippen LogP contribution in [0.15, 0.2) is 0 Å². The number of nitrogens with one attached hydrogen (secondary N) is 1. The third-order valence-corrected chi connectivity index (χ3v) is 4.27. The van der Waals surface area contributed by atoms with Crippen molar-refractivity contribution in [2.24, 2.45) is 5.41 Å². The van der Waals surface area contributed by atoms with Crippen LogP contribution in [-0.2, 0) is 10.2 Å². The molecule has 0 bridgehead atoms. The van der Waals surface area contributed by atoms with Crippen molar-refractivity contribution in [2.75, 3.05) is 26.7 Å². The highest BCUT2D eigenvalue weighted by molar-refractivity contribution is 7.87. The van der Waals surface area contributed by atoms with E-state index in [1.165, 1.54) is 4.31 Å². The molecule has 0 aliphatic carbocycles. The predicted molar refractivity (Wildman–Crippen MR) is 69.9 cm³/mol. The monoisotopic (exact) mass is 266 g/mol. The molecule has 0 saturated heterocycles. The van der Waals surface area contributed by atoms with E-state index in [9.17, 15) is 8.42 Å². The third-order valence-electron chi connectivity index (χ3n) is 2.76. The Bertz CT molecular complexity index is 302. The minimum atomic E-state index is -3.38. The van der Waals surface area contributed by atoms with Crippen LogP contribution in [0.4, 0.5) is 0 Å². The lowest BCUT2D eigenvalue weighted by Crippen LogP contribution is -2.42. The van der Waals surface area contributed by atoms with Crippen molar-refractivity contribution in [2.45, 2.75) is 40.0 Å². The second kappa shape index (κ2) is 7.31. The van der Waals surface area contributed by atoms with Gasteiger partial charge in [0.1, 0.15) is 0 Å². The zero-order chi connectivity index (χ0) is 13.5. The van der Waals surface area contributed by atoms with E-state index in [0.717, 1.165) is 12.8 Å². The van der Waals surface area contributed by atoms with Gasteiger partial charge in [-0.3, -0.25) is 0 Å². The fourth-order valence-corrected chi connectivity index (χ4v) is 2.45. The highest BCUT2D eigenvalue weighted by Crippen LogP contribution is 2.18. The van der Waals surface area contributed by atoms with Gasteiger partial charge in [-0.25, -0.2) is 4.72 Å². The molecular formula is C11H26N2O3S. The van der Waals surface area contributed by atoms with E-state index in [1.54, 1.807) is 7.05 Å². The first kappa shape index (κ1) is 16.8. The van der Waals surface area contributed by atoms with Crippen LogP contribution in [-0.4, -0.2) is 44.6 Å². The van der Waals surface area contributed by atoms with Gasteiger partial charge in [0, 0.05) is 26.7 Å². The summed E-state index contributed by atoms with van der Waals surface area (Å²) in [6, 6.07) is 0. The zero-order valence-corrected chi connectivity index (χ0v) is 12.2. The van der Waals surface area contributed by atoms with Gasteiger partial charge < -0.3 is 5.11 Å². The van der Waals surface area contributed by atoms with Gasteiger partial charge in [0.25, 0.3) is 10.2 Å². The van der Waals surface area contributed by atoms with Gasteiger partial charge in [0.2, 0.25) is 0 Å². The smallest absolute Gasteiger partial charge is 0.279 e. The molecule has 0 aliphatic rings. The maximum Gasteiger partial charge on any atom is 0.279 e. The summed E-state index contributed by atoms with van der Waals surface area (Å²) in [7, 11) is -1.80. The van der Waals surface area contributed by atoms with Gasteiger partial charge in [-0.05, 0) is 18.3 Å². The molecule has 17 heavy (non-hydrogen) atoms. The molecule has 0 rings (SSSR count). The quantitative estimate of drug-likeness (QED) is 0.653. The molecule has 104 valence electrons. The maximum absolute atomic E-state index is 11.8. The lowest BCUT2D eigenvalue weighted by molar-refractivity contribution is 0.212. The van der Waals surface area contributed by atoms with E-state index in [4.69, 9.17) is 5.11 Å². The molecule has 0 radical (unpaired) electrons. The Morgan fingerprint density at radius 2 is 1.94 bits per heavy atom. The average Bonchev–Trinajstić information content (AvgIpc) is 2.23. The highest BCUT2D eigenvalue weighted by Gasteiger charge is 2.23. The Hall–Kier alpha value is -0.170. The van der Waals surface area contributed by atoms with Crippen molar-refractivity contribution in [1.29, 1.82) is 0 Å². The minimum absolute atomic E-state index is 0.0698. The molecule has 0 saturated carbocycles. The summed E-state index contributed by atoms with van der Waals surface area (Å²) in [6.07, 6.45) is 2.40. The summed E-state index contributed by atoms with van der Waals surface area (Å²) in [6.45, 7) is 6.83. The Kier molecular flexibility index (Phi) is 7.23. The number of rotatable bonds is 9. The molecule has 0 aromatic heterocycles. The number of hydrogen-bond donors (Lipinski definition) is 2. The van der Waals surface area contributed by atoms with Crippen LogP contribution in [0.25, 0.3) is 0 Å². The molecule has 6 heteroatoms. The molecule has 5 nitrogen and oxygen atoms in total. The predicted octanol–water partition coefficient (Wildman–Crippen LogP) is 0.961. The number of aliphatic hydroxyl groups excluding tert-OH is 1. The van der Waals surface area contributed by atoms with Gasteiger partial charge in [-0.15, -0.1) is 0 Å². The molecular weight excluding hydrogens is 240 g/mol. The minimum Gasteiger partial charge on any atom is -0.396 e. The Morgan fingerprint density at radius 3 is 2.41 bits per heavy atom. The molecule has 0 aliphatic heterocycles.